The number of ether oxygens (including phenoxy) is 1. The van der Waals surface area contributed by atoms with E-state index < -0.39 is 0 Å². The number of thiazole rings is 1. The van der Waals surface area contributed by atoms with E-state index in [2.05, 4.69) is 23.3 Å². The number of carbonyl (C=O) groups is 1. The summed E-state index contributed by atoms with van der Waals surface area (Å²) in [4.78, 5) is 22.1. The number of anilines is 1. The Bertz CT molecular complexity index is 906. The van der Waals surface area contributed by atoms with E-state index in [9.17, 15) is 4.79 Å². The number of piperidine rings is 1. The molecule has 1 aromatic heterocycles. The van der Waals surface area contributed by atoms with Crippen molar-refractivity contribution in [2.75, 3.05) is 25.1 Å². The van der Waals surface area contributed by atoms with Gasteiger partial charge in [-0.2, -0.15) is 0 Å². The zero-order valence-electron chi connectivity index (χ0n) is 14.1. The Balaban J connectivity index is 1.48. The molecule has 1 aromatic carbocycles. The van der Waals surface area contributed by atoms with Crippen molar-refractivity contribution in [3.8, 4) is 5.75 Å². The van der Waals surface area contributed by atoms with E-state index in [1.165, 1.54) is 18.4 Å². The number of hydrogen-bond donors (Lipinski definition) is 1. The third-order valence-corrected chi connectivity index (χ3v) is 7.48. The van der Waals surface area contributed by atoms with Gasteiger partial charge in [0, 0.05) is 24.1 Å². The van der Waals surface area contributed by atoms with E-state index in [0.717, 1.165) is 47.1 Å². The van der Waals surface area contributed by atoms with Gasteiger partial charge >= 0.3 is 6.03 Å². The van der Waals surface area contributed by atoms with E-state index in [4.69, 9.17) is 9.72 Å². The van der Waals surface area contributed by atoms with Crippen LogP contribution in [-0.2, 0) is 6.42 Å². The number of likely N-dealkylation sites (tertiary alicyclic amines) is 1. The molecule has 1 spiro atoms. The summed E-state index contributed by atoms with van der Waals surface area (Å²) in [6, 6.07) is 4.57. The molecule has 2 amide bonds. The summed E-state index contributed by atoms with van der Waals surface area (Å²) in [5, 5.41) is 4.05. The van der Waals surface area contributed by atoms with Gasteiger partial charge in [0.1, 0.15) is 5.75 Å². The van der Waals surface area contributed by atoms with Crippen molar-refractivity contribution in [3.63, 3.8) is 0 Å². The van der Waals surface area contributed by atoms with Crippen LogP contribution in [0.3, 0.4) is 0 Å². The number of amides is 2. The van der Waals surface area contributed by atoms with Crippen LogP contribution in [-0.4, -0.2) is 53.7 Å². The molecule has 25 heavy (non-hydrogen) atoms. The fourth-order valence-electron chi connectivity index (χ4n) is 5.01. The van der Waals surface area contributed by atoms with Crippen molar-refractivity contribution in [2.24, 2.45) is 0 Å². The van der Waals surface area contributed by atoms with E-state index in [1.807, 2.05) is 11.0 Å². The van der Waals surface area contributed by atoms with E-state index >= 15 is 0 Å². The second kappa shape index (κ2) is 4.65. The second-order valence-corrected chi connectivity index (χ2v) is 8.68. The van der Waals surface area contributed by atoms with E-state index in [-0.39, 0.29) is 23.7 Å². The Kier molecular flexibility index (Phi) is 2.66. The van der Waals surface area contributed by atoms with Gasteiger partial charge in [-0.15, -0.1) is 0 Å². The molecule has 7 heteroatoms. The molecular formula is C18H20N4O2S. The van der Waals surface area contributed by atoms with E-state index in [0.29, 0.717) is 0 Å². The first-order chi connectivity index (χ1) is 12.2. The van der Waals surface area contributed by atoms with Crippen LogP contribution in [0.5, 0.6) is 5.75 Å². The molecule has 0 unspecified atom stereocenters. The largest absolute Gasteiger partial charge is 0.493 e. The maximum absolute atomic E-state index is 12.8. The highest BCUT2D eigenvalue weighted by Crippen LogP contribution is 2.52. The van der Waals surface area contributed by atoms with Crippen LogP contribution in [0, 0.1) is 0 Å². The molecule has 6 rings (SSSR count). The zero-order chi connectivity index (χ0) is 16.8. The average Bonchev–Trinajstić information content (AvgIpc) is 2.97. The minimum atomic E-state index is 0.0172. The number of hydrogen-bond acceptors (Lipinski definition) is 5. The molecule has 0 radical (unpaired) electrons. The third kappa shape index (κ3) is 1.77. The summed E-state index contributed by atoms with van der Waals surface area (Å²) in [5.74, 6) is 0.948. The van der Waals surface area contributed by atoms with Gasteiger partial charge in [-0.25, -0.2) is 9.78 Å². The molecule has 6 nitrogen and oxygen atoms in total. The number of aromatic nitrogens is 1. The molecule has 4 heterocycles. The molecule has 3 fully saturated rings. The molecular weight excluding hydrogens is 336 g/mol. The average molecular weight is 356 g/mol. The number of benzene rings is 1. The van der Waals surface area contributed by atoms with Crippen molar-refractivity contribution >= 4 is 32.7 Å². The molecule has 1 N–H and O–H groups in total. The molecule has 0 bridgehead atoms. The highest BCUT2D eigenvalue weighted by molar-refractivity contribution is 7.22. The monoisotopic (exact) mass is 356 g/mol. The third-order valence-electron chi connectivity index (χ3n) is 6.46. The summed E-state index contributed by atoms with van der Waals surface area (Å²) in [7, 11) is 2.20. The molecule has 2 aromatic rings. The Morgan fingerprint density at radius 2 is 2.28 bits per heavy atom. The molecule has 2 saturated heterocycles. The maximum Gasteiger partial charge on any atom is 0.324 e. The minimum Gasteiger partial charge on any atom is -0.493 e. The predicted octanol–water partition coefficient (Wildman–Crippen LogP) is 2.37. The Morgan fingerprint density at radius 3 is 3.12 bits per heavy atom. The Morgan fingerprint density at radius 1 is 1.40 bits per heavy atom. The zero-order valence-corrected chi connectivity index (χ0v) is 14.9. The molecule has 1 saturated carbocycles. The fourth-order valence-corrected chi connectivity index (χ4v) is 6.04. The number of likely N-dealkylation sites (N-methyl/N-ethyl adjacent to an activating group) is 1. The second-order valence-electron chi connectivity index (χ2n) is 7.67. The van der Waals surface area contributed by atoms with Crippen molar-refractivity contribution in [1.29, 1.82) is 0 Å². The first-order valence-corrected chi connectivity index (χ1v) is 9.85. The molecule has 1 aliphatic carbocycles. The number of rotatable bonds is 1. The number of nitrogens with zero attached hydrogens (tertiary/aromatic N) is 3. The highest BCUT2D eigenvalue weighted by atomic mass is 32.1. The lowest BCUT2D eigenvalue weighted by atomic mass is 9.90. The quantitative estimate of drug-likeness (QED) is 0.852. The van der Waals surface area contributed by atoms with Crippen LogP contribution in [0.4, 0.5) is 9.93 Å². The topological polar surface area (TPSA) is 57.7 Å². The van der Waals surface area contributed by atoms with Crippen LogP contribution in [0.25, 0.3) is 10.2 Å². The normalized spacial score (nSPS) is 29.6. The molecule has 130 valence electrons. The SMILES string of the molecule is CN1CC[C@@H]2NC(=O)N(c3nc4c5c(ccc4s3)OCC5)[C@@H]2C12CC2. The Hall–Kier alpha value is -1.86. The lowest BCUT2D eigenvalue weighted by Crippen LogP contribution is -2.59. The summed E-state index contributed by atoms with van der Waals surface area (Å²) in [5.41, 5.74) is 2.35. The molecule has 3 aliphatic heterocycles. The highest BCUT2D eigenvalue weighted by Gasteiger charge is 2.63. The van der Waals surface area contributed by atoms with Gasteiger partial charge in [0.25, 0.3) is 0 Å². The predicted molar refractivity (Wildman–Crippen MR) is 96.6 cm³/mol. The molecule has 2 atom stereocenters. The minimum absolute atomic E-state index is 0.0172. The van der Waals surface area contributed by atoms with Crippen LogP contribution >= 0.6 is 11.3 Å². The Labute approximate surface area is 149 Å². The summed E-state index contributed by atoms with van der Waals surface area (Å²) in [6.07, 6.45) is 4.26. The lowest BCUT2D eigenvalue weighted by molar-refractivity contribution is 0.130. The van der Waals surface area contributed by atoms with E-state index in [1.54, 1.807) is 11.3 Å². The number of nitrogens with one attached hydrogen (secondary N) is 1. The van der Waals surface area contributed by atoms with Crippen LogP contribution < -0.4 is 15.0 Å². The maximum atomic E-state index is 12.8. The van der Waals surface area contributed by atoms with Crippen LogP contribution in [0.2, 0.25) is 0 Å². The van der Waals surface area contributed by atoms with Gasteiger partial charge in [-0.05, 0) is 38.4 Å². The van der Waals surface area contributed by atoms with Gasteiger partial charge in [0.2, 0.25) is 0 Å². The number of fused-ring (bicyclic) bond motifs is 5. The number of carbonyl (C=O) groups excluding carboxylic acids is 1. The molecule has 4 aliphatic rings. The summed E-state index contributed by atoms with van der Waals surface area (Å²) in [6.45, 7) is 1.78. The van der Waals surface area contributed by atoms with Gasteiger partial charge in [0.05, 0.1) is 28.9 Å². The van der Waals surface area contributed by atoms with Gasteiger partial charge in [-0.3, -0.25) is 9.80 Å². The smallest absolute Gasteiger partial charge is 0.324 e. The van der Waals surface area contributed by atoms with Crippen LogP contribution in [0.15, 0.2) is 12.1 Å². The van der Waals surface area contributed by atoms with Gasteiger partial charge < -0.3 is 10.1 Å². The van der Waals surface area contributed by atoms with Crippen molar-refractivity contribution < 1.29 is 9.53 Å². The fraction of sp³-hybridized carbons (Fsp3) is 0.556. The van der Waals surface area contributed by atoms with Crippen molar-refractivity contribution in [3.05, 3.63) is 17.7 Å². The van der Waals surface area contributed by atoms with Gasteiger partial charge in [0.15, 0.2) is 5.13 Å². The first-order valence-electron chi connectivity index (χ1n) is 9.04. The van der Waals surface area contributed by atoms with Gasteiger partial charge in [-0.1, -0.05) is 11.3 Å². The summed E-state index contributed by atoms with van der Waals surface area (Å²) >= 11 is 1.63. The van der Waals surface area contributed by atoms with Crippen LogP contribution in [0.1, 0.15) is 24.8 Å². The van der Waals surface area contributed by atoms with Crippen molar-refractivity contribution in [2.45, 2.75) is 43.3 Å². The van der Waals surface area contributed by atoms with Crippen molar-refractivity contribution in [1.82, 2.24) is 15.2 Å². The number of urea groups is 1. The lowest BCUT2D eigenvalue weighted by Gasteiger charge is -2.43. The summed E-state index contributed by atoms with van der Waals surface area (Å²) < 4.78 is 6.81. The standard InChI is InChI=1S/C18H20N4O2S/c1-21-8-4-11-15(18(21)6-7-18)22(16(23)19-11)17-20-14-10-5-9-24-12(10)2-3-13(14)25-17/h2-3,11,15H,4-9H2,1H3,(H,19,23)/t11-,15-/m0/s1. The first kappa shape index (κ1) is 14.3.